The molecule has 0 saturated carbocycles. The standard InChI is InChI=1S/C16H21ClN2OS/c1-4-18-8-12-5-6-15(14(17)7-12)20-9-13-10-21-16(19-13)11(2)3/h5-7,10-11,18H,4,8-9H2,1-3H3. The van der Waals surface area contributed by atoms with Crippen molar-refractivity contribution in [3.05, 3.63) is 44.9 Å². The van der Waals surface area contributed by atoms with Gasteiger partial charge in [-0.2, -0.15) is 0 Å². The van der Waals surface area contributed by atoms with E-state index >= 15 is 0 Å². The van der Waals surface area contributed by atoms with Crippen LogP contribution >= 0.6 is 22.9 Å². The zero-order valence-corrected chi connectivity index (χ0v) is 14.2. The third-order valence-electron chi connectivity index (χ3n) is 3.01. The molecule has 0 saturated heterocycles. The quantitative estimate of drug-likeness (QED) is 0.807. The molecule has 0 radical (unpaired) electrons. The molecule has 1 aromatic heterocycles. The first-order valence-corrected chi connectivity index (χ1v) is 8.42. The van der Waals surface area contributed by atoms with Crippen LogP contribution in [-0.2, 0) is 13.2 Å². The van der Waals surface area contributed by atoms with E-state index in [0.717, 1.165) is 29.4 Å². The number of aromatic nitrogens is 1. The lowest BCUT2D eigenvalue weighted by molar-refractivity contribution is 0.302. The summed E-state index contributed by atoms with van der Waals surface area (Å²) < 4.78 is 5.77. The molecule has 0 fully saturated rings. The molecule has 114 valence electrons. The van der Waals surface area contributed by atoms with Gasteiger partial charge in [-0.25, -0.2) is 4.98 Å². The Morgan fingerprint density at radius 2 is 2.19 bits per heavy atom. The van der Waals surface area contributed by atoms with Crippen molar-refractivity contribution in [2.75, 3.05) is 6.54 Å². The second kappa shape index (κ2) is 7.78. The molecular formula is C16H21ClN2OS. The molecule has 1 N–H and O–H groups in total. The normalized spacial score (nSPS) is 11.1. The van der Waals surface area contributed by atoms with Crippen molar-refractivity contribution in [3.63, 3.8) is 0 Å². The van der Waals surface area contributed by atoms with Crippen molar-refractivity contribution in [1.82, 2.24) is 10.3 Å². The molecule has 0 aliphatic rings. The number of rotatable bonds is 7. The predicted molar refractivity (Wildman–Crippen MR) is 89.4 cm³/mol. The maximum absolute atomic E-state index is 6.26. The van der Waals surface area contributed by atoms with E-state index in [1.165, 1.54) is 0 Å². The van der Waals surface area contributed by atoms with E-state index < -0.39 is 0 Å². The van der Waals surface area contributed by atoms with Crippen molar-refractivity contribution in [3.8, 4) is 5.75 Å². The maximum Gasteiger partial charge on any atom is 0.138 e. The zero-order valence-electron chi connectivity index (χ0n) is 12.6. The number of ether oxygens (including phenoxy) is 1. The number of hydrogen-bond donors (Lipinski definition) is 1. The van der Waals surface area contributed by atoms with E-state index in [1.807, 2.05) is 23.6 Å². The molecule has 0 unspecified atom stereocenters. The fourth-order valence-corrected chi connectivity index (χ4v) is 2.92. The molecule has 5 heteroatoms. The van der Waals surface area contributed by atoms with Crippen LogP contribution in [0.2, 0.25) is 5.02 Å². The summed E-state index contributed by atoms with van der Waals surface area (Å²) in [5.74, 6) is 1.16. The minimum absolute atomic E-state index is 0.454. The number of thiazole rings is 1. The van der Waals surface area contributed by atoms with Crippen LogP contribution in [0.5, 0.6) is 5.75 Å². The molecule has 0 amide bonds. The summed E-state index contributed by atoms with van der Waals surface area (Å²) in [7, 11) is 0. The van der Waals surface area contributed by atoms with Gasteiger partial charge >= 0.3 is 0 Å². The van der Waals surface area contributed by atoms with Crippen LogP contribution in [0, 0.1) is 0 Å². The molecule has 3 nitrogen and oxygen atoms in total. The van der Waals surface area contributed by atoms with Crippen molar-refractivity contribution in [2.24, 2.45) is 0 Å². The minimum Gasteiger partial charge on any atom is -0.486 e. The first kappa shape index (κ1) is 16.3. The Morgan fingerprint density at radius 1 is 1.38 bits per heavy atom. The number of benzene rings is 1. The van der Waals surface area contributed by atoms with E-state index in [4.69, 9.17) is 16.3 Å². The lowest BCUT2D eigenvalue weighted by Crippen LogP contribution is -2.11. The highest BCUT2D eigenvalue weighted by atomic mass is 35.5. The largest absolute Gasteiger partial charge is 0.486 e. The maximum atomic E-state index is 6.26. The van der Waals surface area contributed by atoms with Crippen molar-refractivity contribution in [2.45, 2.75) is 39.8 Å². The van der Waals surface area contributed by atoms with E-state index in [0.29, 0.717) is 23.3 Å². The van der Waals surface area contributed by atoms with Gasteiger partial charge in [0.2, 0.25) is 0 Å². The molecule has 0 aliphatic carbocycles. The first-order valence-electron chi connectivity index (χ1n) is 7.16. The molecule has 1 aromatic carbocycles. The highest BCUT2D eigenvalue weighted by molar-refractivity contribution is 7.09. The molecule has 21 heavy (non-hydrogen) atoms. The van der Waals surface area contributed by atoms with Crippen LogP contribution in [0.25, 0.3) is 0 Å². The van der Waals surface area contributed by atoms with Gasteiger partial charge in [0.1, 0.15) is 12.4 Å². The molecule has 0 atom stereocenters. The van der Waals surface area contributed by atoms with Crippen LogP contribution in [0.3, 0.4) is 0 Å². The van der Waals surface area contributed by atoms with Gasteiger partial charge in [0.05, 0.1) is 15.7 Å². The number of nitrogens with one attached hydrogen (secondary N) is 1. The first-order chi connectivity index (χ1) is 10.1. The Hall–Kier alpha value is -1.10. The molecule has 1 heterocycles. The Balaban J connectivity index is 1.96. The Bertz CT molecular complexity index is 583. The highest BCUT2D eigenvalue weighted by Crippen LogP contribution is 2.27. The summed E-state index contributed by atoms with van der Waals surface area (Å²) in [4.78, 5) is 4.55. The summed E-state index contributed by atoms with van der Waals surface area (Å²) in [5.41, 5.74) is 2.11. The van der Waals surface area contributed by atoms with Crippen LogP contribution in [-0.4, -0.2) is 11.5 Å². The lowest BCUT2D eigenvalue weighted by Gasteiger charge is -2.09. The number of halogens is 1. The molecule has 0 aliphatic heterocycles. The van der Waals surface area contributed by atoms with Gasteiger partial charge in [0, 0.05) is 17.8 Å². The molecule has 2 aromatic rings. The third kappa shape index (κ3) is 4.70. The Kier molecular flexibility index (Phi) is 6.03. The smallest absolute Gasteiger partial charge is 0.138 e. The molecular weight excluding hydrogens is 304 g/mol. The van der Waals surface area contributed by atoms with Crippen LogP contribution in [0.4, 0.5) is 0 Å². The number of hydrogen-bond acceptors (Lipinski definition) is 4. The van der Waals surface area contributed by atoms with E-state index in [1.54, 1.807) is 11.3 Å². The average Bonchev–Trinajstić information content (AvgIpc) is 2.93. The summed E-state index contributed by atoms with van der Waals surface area (Å²) >= 11 is 7.94. The third-order valence-corrected chi connectivity index (χ3v) is 4.50. The monoisotopic (exact) mass is 324 g/mol. The average molecular weight is 325 g/mol. The van der Waals surface area contributed by atoms with E-state index in [2.05, 4.69) is 31.1 Å². The van der Waals surface area contributed by atoms with Gasteiger partial charge < -0.3 is 10.1 Å². The topological polar surface area (TPSA) is 34.1 Å². The minimum atomic E-state index is 0.454. The van der Waals surface area contributed by atoms with Crippen LogP contribution in [0.1, 0.15) is 43.0 Å². The fraction of sp³-hybridized carbons (Fsp3) is 0.438. The highest BCUT2D eigenvalue weighted by Gasteiger charge is 2.08. The molecule has 0 spiro atoms. The Morgan fingerprint density at radius 3 is 2.81 bits per heavy atom. The lowest BCUT2D eigenvalue weighted by atomic mass is 10.2. The fourth-order valence-electron chi connectivity index (χ4n) is 1.85. The summed E-state index contributed by atoms with van der Waals surface area (Å²) in [6, 6.07) is 5.90. The Labute approximate surface area is 135 Å². The van der Waals surface area contributed by atoms with Gasteiger partial charge in [-0.1, -0.05) is 38.4 Å². The van der Waals surface area contributed by atoms with Gasteiger partial charge in [-0.15, -0.1) is 11.3 Å². The number of nitrogens with zero attached hydrogens (tertiary/aromatic N) is 1. The van der Waals surface area contributed by atoms with Gasteiger partial charge in [0.25, 0.3) is 0 Å². The SMILES string of the molecule is CCNCc1ccc(OCc2csc(C(C)C)n2)c(Cl)c1. The molecule has 2 rings (SSSR count). The summed E-state index contributed by atoms with van der Waals surface area (Å²) in [5, 5.41) is 7.10. The summed E-state index contributed by atoms with van der Waals surface area (Å²) in [6.45, 7) is 8.58. The van der Waals surface area contributed by atoms with Gasteiger partial charge in [-0.3, -0.25) is 0 Å². The second-order valence-corrected chi connectivity index (χ2v) is 6.46. The summed E-state index contributed by atoms with van der Waals surface area (Å²) in [6.07, 6.45) is 0. The van der Waals surface area contributed by atoms with E-state index in [-0.39, 0.29) is 0 Å². The van der Waals surface area contributed by atoms with Crippen molar-refractivity contribution in [1.29, 1.82) is 0 Å². The van der Waals surface area contributed by atoms with Crippen molar-refractivity contribution >= 4 is 22.9 Å². The van der Waals surface area contributed by atoms with Crippen molar-refractivity contribution < 1.29 is 4.74 Å². The van der Waals surface area contributed by atoms with Crippen LogP contribution in [0.15, 0.2) is 23.6 Å². The zero-order chi connectivity index (χ0) is 15.2. The molecule has 0 bridgehead atoms. The van der Waals surface area contributed by atoms with Gasteiger partial charge in [-0.05, 0) is 24.2 Å². The van der Waals surface area contributed by atoms with Crippen LogP contribution < -0.4 is 10.1 Å². The predicted octanol–water partition coefficient (Wildman–Crippen LogP) is 4.61. The van der Waals surface area contributed by atoms with E-state index in [9.17, 15) is 0 Å². The van der Waals surface area contributed by atoms with Gasteiger partial charge in [0.15, 0.2) is 0 Å². The second-order valence-electron chi connectivity index (χ2n) is 5.17.